The van der Waals surface area contributed by atoms with Gasteiger partial charge in [-0.25, -0.2) is 4.79 Å². The van der Waals surface area contributed by atoms with Gasteiger partial charge in [0.2, 0.25) is 0 Å². The molecule has 3 aromatic rings. The number of anilines is 1. The van der Waals surface area contributed by atoms with Gasteiger partial charge in [-0.15, -0.1) is 0 Å². The molecular weight excluding hydrogens is 475 g/mol. The molecule has 2 aromatic carbocycles. The second kappa shape index (κ2) is 8.53. The van der Waals surface area contributed by atoms with Crippen LogP contribution in [0.1, 0.15) is 27.2 Å². The Morgan fingerprint density at radius 2 is 1.88 bits per heavy atom. The second-order valence-corrected chi connectivity index (χ2v) is 8.73. The molecule has 1 N–H and O–H groups in total. The third-order valence-electron chi connectivity index (χ3n) is 4.96. The SMILES string of the molecule is Cc1c(C(=O)O)cccc1-c1ccc(/C=C2/SC(=S)N(c3cccc(C(F)(F)F)c3)C2=O)o1. The van der Waals surface area contributed by atoms with Crippen LogP contribution in [-0.4, -0.2) is 21.3 Å². The van der Waals surface area contributed by atoms with E-state index in [0.717, 1.165) is 28.8 Å². The number of hydrogen-bond acceptors (Lipinski definition) is 5. The number of alkyl halides is 3. The number of rotatable bonds is 4. The van der Waals surface area contributed by atoms with Gasteiger partial charge in [0.05, 0.1) is 21.7 Å². The van der Waals surface area contributed by atoms with Crippen LogP contribution in [0.5, 0.6) is 0 Å². The third-order valence-corrected chi connectivity index (χ3v) is 6.26. The van der Waals surface area contributed by atoms with Crippen LogP contribution < -0.4 is 4.90 Å². The van der Waals surface area contributed by atoms with Crippen molar-refractivity contribution in [2.75, 3.05) is 4.90 Å². The lowest BCUT2D eigenvalue weighted by atomic mass is 10.0. The largest absolute Gasteiger partial charge is 0.478 e. The van der Waals surface area contributed by atoms with E-state index in [1.807, 2.05) is 0 Å². The number of nitrogens with zero attached hydrogens (tertiary/aromatic N) is 1. The van der Waals surface area contributed by atoms with E-state index in [1.165, 1.54) is 24.3 Å². The molecule has 0 radical (unpaired) electrons. The molecule has 33 heavy (non-hydrogen) atoms. The summed E-state index contributed by atoms with van der Waals surface area (Å²) in [6, 6.07) is 12.5. The number of hydrogen-bond donors (Lipinski definition) is 1. The third kappa shape index (κ3) is 4.44. The van der Waals surface area contributed by atoms with Crippen molar-refractivity contribution in [1.29, 1.82) is 0 Å². The molecule has 4 rings (SSSR count). The molecular formula is C23H14F3NO4S2. The number of carbonyl (C=O) groups excluding carboxylic acids is 1. The lowest BCUT2D eigenvalue weighted by molar-refractivity contribution is -0.137. The number of benzene rings is 2. The zero-order valence-corrected chi connectivity index (χ0v) is 18.5. The zero-order chi connectivity index (χ0) is 23.9. The summed E-state index contributed by atoms with van der Waals surface area (Å²) >= 11 is 6.18. The number of thiocarbonyl (C=S) groups is 1. The summed E-state index contributed by atoms with van der Waals surface area (Å²) in [5.74, 6) is -0.893. The van der Waals surface area contributed by atoms with Crippen LogP contribution in [0.4, 0.5) is 18.9 Å². The number of thioether (sulfide) groups is 1. The summed E-state index contributed by atoms with van der Waals surface area (Å²) in [7, 11) is 0. The molecule has 0 aliphatic carbocycles. The molecule has 0 bridgehead atoms. The van der Waals surface area contributed by atoms with E-state index in [4.69, 9.17) is 16.6 Å². The molecule has 1 aromatic heterocycles. The molecule has 1 aliphatic heterocycles. The van der Waals surface area contributed by atoms with E-state index in [9.17, 15) is 27.9 Å². The Morgan fingerprint density at radius 1 is 1.15 bits per heavy atom. The summed E-state index contributed by atoms with van der Waals surface area (Å²) in [5.41, 5.74) is 0.407. The van der Waals surface area contributed by atoms with Crippen molar-refractivity contribution < 1.29 is 32.3 Å². The second-order valence-electron chi connectivity index (χ2n) is 7.05. The minimum Gasteiger partial charge on any atom is -0.478 e. The van der Waals surface area contributed by atoms with Crippen molar-refractivity contribution >= 4 is 51.9 Å². The average Bonchev–Trinajstić information content (AvgIpc) is 3.31. The standard InChI is InChI=1S/C23H14F3NO4S2/c1-12-16(6-3-7-17(12)21(29)30)18-9-8-15(31-18)11-19-20(28)27(22(32)33-19)14-5-2-4-13(10-14)23(24,25)26/h2-11H,1H3,(H,29,30)/b19-11+. The summed E-state index contributed by atoms with van der Waals surface area (Å²) in [4.78, 5) is 25.5. The summed E-state index contributed by atoms with van der Waals surface area (Å²) in [6.07, 6.45) is -3.10. The molecule has 2 heterocycles. The number of furan rings is 1. The van der Waals surface area contributed by atoms with E-state index in [2.05, 4.69) is 0 Å². The summed E-state index contributed by atoms with van der Waals surface area (Å²) in [5, 5.41) is 9.31. The highest BCUT2D eigenvalue weighted by molar-refractivity contribution is 8.27. The Balaban J connectivity index is 1.63. The van der Waals surface area contributed by atoms with E-state index in [-0.39, 0.29) is 20.5 Å². The van der Waals surface area contributed by atoms with Crippen LogP contribution in [-0.2, 0) is 11.0 Å². The first-order valence-electron chi connectivity index (χ1n) is 9.44. The molecule has 5 nitrogen and oxygen atoms in total. The quantitative estimate of drug-likeness (QED) is 0.339. The Labute approximate surface area is 195 Å². The molecule has 0 spiro atoms. The van der Waals surface area contributed by atoms with Gasteiger partial charge in [-0.05, 0) is 48.9 Å². The van der Waals surface area contributed by atoms with Gasteiger partial charge in [-0.2, -0.15) is 13.2 Å². The molecule has 1 aliphatic rings. The normalized spacial score (nSPS) is 15.5. The maximum Gasteiger partial charge on any atom is 0.416 e. The van der Waals surface area contributed by atoms with Crippen LogP contribution in [0.3, 0.4) is 0 Å². The van der Waals surface area contributed by atoms with Crippen molar-refractivity contribution in [3.05, 3.63) is 82.0 Å². The first kappa shape index (κ1) is 22.8. The molecule has 0 saturated carbocycles. The summed E-state index contributed by atoms with van der Waals surface area (Å²) < 4.78 is 45.1. The number of carbonyl (C=O) groups is 2. The van der Waals surface area contributed by atoms with Gasteiger partial charge in [-0.3, -0.25) is 9.69 Å². The topological polar surface area (TPSA) is 70.8 Å². The van der Waals surface area contributed by atoms with Gasteiger partial charge in [0.25, 0.3) is 5.91 Å². The first-order valence-corrected chi connectivity index (χ1v) is 10.7. The van der Waals surface area contributed by atoms with Crippen molar-refractivity contribution in [3.8, 4) is 11.3 Å². The number of aromatic carboxylic acids is 1. The highest BCUT2D eigenvalue weighted by atomic mass is 32.2. The predicted octanol–water partition coefficient (Wildman–Crippen LogP) is 6.38. The number of halogens is 3. The minimum absolute atomic E-state index is 0.0250. The Kier molecular flexibility index (Phi) is 5.89. The van der Waals surface area contributed by atoms with Crippen molar-refractivity contribution in [1.82, 2.24) is 0 Å². The fourth-order valence-electron chi connectivity index (χ4n) is 3.35. The summed E-state index contributed by atoms with van der Waals surface area (Å²) in [6.45, 7) is 1.67. The number of carboxylic acids is 1. The minimum atomic E-state index is -4.55. The van der Waals surface area contributed by atoms with Crippen LogP contribution >= 0.6 is 24.0 Å². The number of amides is 1. The van der Waals surface area contributed by atoms with Gasteiger partial charge in [0.15, 0.2) is 4.32 Å². The van der Waals surface area contributed by atoms with Crippen LogP contribution in [0.25, 0.3) is 17.4 Å². The van der Waals surface area contributed by atoms with Crippen LogP contribution in [0.2, 0.25) is 0 Å². The fourth-order valence-corrected chi connectivity index (χ4v) is 4.63. The average molecular weight is 489 g/mol. The van der Waals surface area contributed by atoms with Gasteiger partial charge in [0.1, 0.15) is 11.5 Å². The van der Waals surface area contributed by atoms with E-state index < -0.39 is 23.6 Å². The highest BCUT2D eigenvalue weighted by Gasteiger charge is 2.36. The number of carboxylic acid groups (broad SMARTS) is 1. The predicted molar refractivity (Wildman–Crippen MR) is 123 cm³/mol. The lowest BCUT2D eigenvalue weighted by Crippen LogP contribution is -2.27. The molecule has 1 fully saturated rings. The Bertz CT molecular complexity index is 1330. The maximum atomic E-state index is 13.1. The van der Waals surface area contributed by atoms with Gasteiger partial charge in [-0.1, -0.05) is 42.2 Å². The molecule has 0 unspecified atom stereocenters. The zero-order valence-electron chi connectivity index (χ0n) is 16.8. The van der Waals surface area contributed by atoms with E-state index in [0.29, 0.717) is 22.6 Å². The van der Waals surface area contributed by atoms with Crippen molar-refractivity contribution in [2.24, 2.45) is 0 Å². The van der Waals surface area contributed by atoms with Crippen LogP contribution in [0, 0.1) is 6.92 Å². The lowest BCUT2D eigenvalue weighted by Gasteiger charge is -2.16. The smallest absolute Gasteiger partial charge is 0.416 e. The molecule has 1 saturated heterocycles. The monoisotopic (exact) mass is 489 g/mol. The van der Waals surface area contributed by atoms with Gasteiger partial charge < -0.3 is 9.52 Å². The molecule has 168 valence electrons. The van der Waals surface area contributed by atoms with Crippen molar-refractivity contribution in [2.45, 2.75) is 13.1 Å². The Morgan fingerprint density at radius 3 is 2.58 bits per heavy atom. The molecule has 0 atom stereocenters. The van der Waals surface area contributed by atoms with Crippen LogP contribution in [0.15, 0.2) is 63.9 Å². The van der Waals surface area contributed by atoms with Gasteiger partial charge >= 0.3 is 12.1 Å². The highest BCUT2D eigenvalue weighted by Crippen LogP contribution is 2.39. The molecule has 10 heteroatoms. The van der Waals surface area contributed by atoms with Crippen molar-refractivity contribution in [3.63, 3.8) is 0 Å². The first-order chi connectivity index (χ1) is 15.6. The molecule has 1 amide bonds. The van der Waals surface area contributed by atoms with Gasteiger partial charge in [0, 0.05) is 11.6 Å². The fraction of sp³-hybridized carbons (Fsp3) is 0.0870. The maximum absolute atomic E-state index is 13.1. The Hall–Kier alpha value is -3.37. The van der Waals surface area contributed by atoms with E-state index >= 15 is 0 Å². The van der Waals surface area contributed by atoms with E-state index in [1.54, 1.807) is 31.2 Å².